The van der Waals surface area contributed by atoms with Crippen molar-refractivity contribution in [2.75, 3.05) is 19.8 Å². The molecule has 0 aliphatic carbocycles. The van der Waals surface area contributed by atoms with E-state index in [-0.39, 0.29) is 11.8 Å². The van der Waals surface area contributed by atoms with E-state index in [9.17, 15) is 4.79 Å². The molecule has 1 amide bonds. The van der Waals surface area contributed by atoms with Crippen molar-refractivity contribution < 1.29 is 4.79 Å². The van der Waals surface area contributed by atoms with Gasteiger partial charge in [-0.05, 0) is 6.26 Å². The molecule has 1 aromatic rings. The van der Waals surface area contributed by atoms with Crippen molar-refractivity contribution in [1.82, 2.24) is 20.4 Å². The Morgan fingerprint density at radius 1 is 1.62 bits per heavy atom. The lowest BCUT2D eigenvalue weighted by Gasteiger charge is -2.14. The second kappa shape index (κ2) is 4.39. The van der Waals surface area contributed by atoms with Gasteiger partial charge in [-0.1, -0.05) is 18.7 Å². The third-order valence-corrected chi connectivity index (χ3v) is 3.18. The summed E-state index contributed by atoms with van der Waals surface area (Å²) < 4.78 is 0. The number of aromatic nitrogens is 2. The Morgan fingerprint density at radius 3 is 3.06 bits per heavy atom. The molecule has 1 aromatic heterocycles. The number of fused-ring (bicyclic) bond motifs is 1. The van der Waals surface area contributed by atoms with Crippen LogP contribution in [0.4, 0.5) is 0 Å². The Labute approximate surface area is 98.6 Å². The maximum Gasteiger partial charge on any atom is 0.271 e. The summed E-state index contributed by atoms with van der Waals surface area (Å²) in [7, 11) is 1.71. The van der Waals surface area contributed by atoms with Gasteiger partial charge in [0.25, 0.3) is 5.91 Å². The lowest BCUT2D eigenvalue weighted by Crippen LogP contribution is -2.38. The predicted octanol–water partition coefficient (Wildman–Crippen LogP) is 0.892. The number of carbonyl (C=O) groups excluding carboxylic acids is 1. The van der Waals surface area contributed by atoms with Crippen molar-refractivity contribution >= 4 is 17.7 Å². The van der Waals surface area contributed by atoms with Gasteiger partial charge in [0.05, 0.1) is 11.3 Å². The topological polar surface area (TPSA) is 58.1 Å². The maximum atomic E-state index is 12.0. The van der Waals surface area contributed by atoms with Crippen molar-refractivity contribution in [1.29, 1.82) is 0 Å². The van der Waals surface area contributed by atoms with Crippen LogP contribution in [0.3, 0.4) is 0 Å². The Morgan fingerprint density at radius 2 is 2.38 bits per heavy atom. The molecular formula is C10H14N4OS. The van der Waals surface area contributed by atoms with Crippen LogP contribution in [0.2, 0.25) is 0 Å². The molecule has 5 nitrogen and oxygen atoms in total. The van der Waals surface area contributed by atoms with Gasteiger partial charge in [0.2, 0.25) is 0 Å². The summed E-state index contributed by atoms with van der Waals surface area (Å²) >= 11 is 1.48. The molecule has 0 fully saturated rings. The highest BCUT2D eigenvalue weighted by atomic mass is 32.2. The minimum atomic E-state index is -0.0768. The van der Waals surface area contributed by atoms with Crippen molar-refractivity contribution in [2.24, 2.45) is 0 Å². The van der Waals surface area contributed by atoms with Crippen molar-refractivity contribution in [2.45, 2.75) is 18.0 Å². The molecule has 0 radical (unpaired) electrons. The molecular weight excluding hydrogens is 224 g/mol. The van der Waals surface area contributed by atoms with Gasteiger partial charge in [0, 0.05) is 25.7 Å². The van der Waals surface area contributed by atoms with Crippen molar-refractivity contribution in [3.63, 3.8) is 0 Å². The predicted molar refractivity (Wildman–Crippen MR) is 62.3 cm³/mol. The first-order valence-electron chi connectivity index (χ1n) is 5.06. The normalized spacial score (nSPS) is 20.6. The van der Waals surface area contributed by atoms with Crippen LogP contribution in [-0.4, -0.2) is 40.7 Å². The Bertz CT molecular complexity index is 423. The highest BCUT2D eigenvalue weighted by molar-refractivity contribution is 7.98. The van der Waals surface area contributed by atoms with E-state index in [1.807, 2.05) is 6.26 Å². The second-order valence-electron chi connectivity index (χ2n) is 3.78. The largest absolute Gasteiger partial charge is 0.277 e. The minimum absolute atomic E-state index is 0.0768. The van der Waals surface area contributed by atoms with Gasteiger partial charge in [-0.3, -0.25) is 9.80 Å². The standard InChI is InChI=1S/C10H14N4OS/c1-6-4-12-14(2)9(15)7-5-11-10(16-3)13-8(6)7/h5-6,12H,4H2,1-3H3. The first-order chi connectivity index (χ1) is 7.63. The number of amides is 1. The molecule has 16 heavy (non-hydrogen) atoms. The van der Waals surface area contributed by atoms with Crippen molar-refractivity contribution in [3.8, 4) is 0 Å². The third kappa shape index (κ3) is 1.90. The van der Waals surface area contributed by atoms with Crippen LogP contribution in [0, 0.1) is 0 Å². The maximum absolute atomic E-state index is 12.0. The highest BCUT2D eigenvalue weighted by Crippen LogP contribution is 2.22. The highest BCUT2D eigenvalue weighted by Gasteiger charge is 2.25. The van der Waals surface area contributed by atoms with E-state index in [1.54, 1.807) is 13.2 Å². The van der Waals surface area contributed by atoms with E-state index in [0.29, 0.717) is 17.3 Å². The molecule has 1 atom stereocenters. The fourth-order valence-corrected chi connectivity index (χ4v) is 1.99. The number of thioether (sulfide) groups is 1. The van der Waals surface area contributed by atoms with Crippen molar-refractivity contribution in [3.05, 3.63) is 17.5 Å². The minimum Gasteiger partial charge on any atom is -0.277 e. The van der Waals surface area contributed by atoms with Crippen LogP contribution >= 0.6 is 11.8 Å². The van der Waals surface area contributed by atoms with Gasteiger partial charge in [-0.25, -0.2) is 15.4 Å². The second-order valence-corrected chi connectivity index (χ2v) is 4.56. The number of hydrogen-bond donors (Lipinski definition) is 1. The molecule has 0 saturated heterocycles. The zero-order valence-corrected chi connectivity index (χ0v) is 10.3. The average Bonchev–Trinajstić information content (AvgIpc) is 2.42. The Balaban J connectivity index is 2.51. The molecule has 1 N–H and O–H groups in total. The van der Waals surface area contributed by atoms with Gasteiger partial charge in [-0.2, -0.15) is 0 Å². The third-order valence-electron chi connectivity index (χ3n) is 2.62. The summed E-state index contributed by atoms with van der Waals surface area (Å²) in [6, 6.07) is 0. The zero-order valence-electron chi connectivity index (χ0n) is 9.52. The fraction of sp³-hybridized carbons (Fsp3) is 0.500. The van der Waals surface area contributed by atoms with E-state index >= 15 is 0 Å². The van der Waals surface area contributed by atoms with Gasteiger partial charge < -0.3 is 0 Å². The number of hydrazine groups is 1. The van der Waals surface area contributed by atoms with E-state index in [1.165, 1.54) is 16.8 Å². The number of nitrogens with zero attached hydrogens (tertiary/aromatic N) is 3. The Hall–Kier alpha value is -1.14. The molecule has 1 aliphatic heterocycles. The van der Waals surface area contributed by atoms with Crippen LogP contribution in [-0.2, 0) is 0 Å². The lowest BCUT2D eigenvalue weighted by atomic mass is 10.0. The summed E-state index contributed by atoms with van der Waals surface area (Å²) in [5, 5.41) is 2.20. The summed E-state index contributed by atoms with van der Waals surface area (Å²) in [6.07, 6.45) is 3.55. The Kier molecular flexibility index (Phi) is 3.11. The van der Waals surface area contributed by atoms with Gasteiger partial charge >= 0.3 is 0 Å². The molecule has 1 aliphatic rings. The molecule has 86 valence electrons. The summed E-state index contributed by atoms with van der Waals surface area (Å²) in [6.45, 7) is 2.76. The van der Waals surface area contributed by atoms with Gasteiger partial charge in [0.1, 0.15) is 0 Å². The molecule has 0 saturated carbocycles. The first-order valence-corrected chi connectivity index (χ1v) is 6.28. The fourth-order valence-electron chi connectivity index (χ4n) is 1.64. The smallest absolute Gasteiger partial charge is 0.271 e. The summed E-state index contributed by atoms with van der Waals surface area (Å²) in [4.78, 5) is 20.5. The van der Waals surface area contributed by atoms with Gasteiger partial charge in [-0.15, -0.1) is 0 Å². The van der Waals surface area contributed by atoms with Gasteiger partial charge in [0.15, 0.2) is 5.16 Å². The van der Waals surface area contributed by atoms with E-state index < -0.39 is 0 Å². The van der Waals surface area contributed by atoms with Crippen LogP contribution in [0.15, 0.2) is 11.4 Å². The monoisotopic (exact) mass is 238 g/mol. The number of nitrogens with one attached hydrogen (secondary N) is 1. The van der Waals surface area contributed by atoms with Crippen LogP contribution in [0.25, 0.3) is 0 Å². The summed E-state index contributed by atoms with van der Waals surface area (Å²) in [5.41, 5.74) is 4.47. The molecule has 1 unspecified atom stereocenters. The lowest BCUT2D eigenvalue weighted by molar-refractivity contribution is 0.0725. The first kappa shape index (κ1) is 11.3. The number of hydrogen-bond acceptors (Lipinski definition) is 5. The number of rotatable bonds is 1. The molecule has 2 heterocycles. The molecule has 2 rings (SSSR count). The van der Waals surface area contributed by atoms with E-state index in [2.05, 4.69) is 22.3 Å². The molecule has 6 heteroatoms. The SMILES string of the molecule is CSc1ncc2c(n1)C(C)CNN(C)C2=O. The molecule has 0 bridgehead atoms. The van der Waals surface area contributed by atoms with Crippen LogP contribution < -0.4 is 5.43 Å². The summed E-state index contributed by atoms with van der Waals surface area (Å²) in [5.74, 6) is 0.129. The molecule has 0 aromatic carbocycles. The quantitative estimate of drug-likeness (QED) is 0.581. The average molecular weight is 238 g/mol. The van der Waals surface area contributed by atoms with Crippen LogP contribution in [0.5, 0.6) is 0 Å². The number of carbonyl (C=O) groups is 1. The van der Waals surface area contributed by atoms with Crippen LogP contribution in [0.1, 0.15) is 28.9 Å². The zero-order chi connectivity index (χ0) is 11.7. The van der Waals surface area contributed by atoms with E-state index in [4.69, 9.17) is 0 Å². The van der Waals surface area contributed by atoms with E-state index in [0.717, 1.165) is 5.69 Å². The molecule has 0 spiro atoms.